The van der Waals surface area contributed by atoms with Crippen LogP contribution in [-0.4, -0.2) is 45.3 Å². The molecule has 28 heavy (non-hydrogen) atoms. The molecule has 4 rings (SSSR count). The van der Waals surface area contributed by atoms with E-state index in [0.717, 1.165) is 28.1 Å². The summed E-state index contributed by atoms with van der Waals surface area (Å²) in [5.74, 6) is 0.519. The van der Waals surface area contributed by atoms with Crippen LogP contribution in [0.3, 0.4) is 0 Å². The summed E-state index contributed by atoms with van der Waals surface area (Å²) in [6, 6.07) is 14.5. The number of rotatable bonds is 5. The quantitative estimate of drug-likeness (QED) is 0.838. The predicted octanol–water partition coefficient (Wildman–Crippen LogP) is 3.18. The number of carbonyl (C=O) groups excluding carboxylic acids is 1. The molecule has 0 radical (unpaired) electrons. The Hall–Kier alpha value is -2.38. The average molecular weight is 400 g/mol. The highest BCUT2D eigenvalue weighted by Gasteiger charge is 2.38. The van der Waals surface area contributed by atoms with Gasteiger partial charge in [-0.25, -0.2) is 12.7 Å². The second-order valence-corrected chi connectivity index (χ2v) is 9.92. The topological polar surface area (TPSA) is 69.7 Å². The van der Waals surface area contributed by atoms with Crippen molar-refractivity contribution in [3.8, 4) is 0 Å². The fourth-order valence-corrected chi connectivity index (χ4v) is 5.13. The number of hydrogen-bond acceptors (Lipinski definition) is 4. The molecule has 1 amide bonds. The van der Waals surface area contributed by atoms with Crippen LogP contribution in [0.4, 0.5) is 11.4 Å². The molecule has 2 bridgehead atoms. The van der Waals surface area contributed by atoms with Gasteiger partial charge in [0.05, 0.1) is 16.3 Å². The van der Waals surface area contributed by atoms with Crippen molar-refractivity contribution in [2.45, 2.75) is 30.2 Å². The van der Waals surface area contributed by atoms with Crippen LogP contribution in [0.5, 0.6) is 0 Å². The van der Waals surface area contributed by atoms with Gasteiger partial charge in [-0.2, -0.15) is 0 Å². The van der Waals surface area contributed by atoms with Gasteiger partial charge in [0.1, 0.15) is 0 Å². The van der Waals surface area contributed by atoms with Crippen molar-refractivity contribution in [1.82, 2.24) is 4.31 Å². The van der Waals surface area contributed by atoms with Crippen LogP contribution in [0.25, 0.3) is 0 Å². The number of hydrogen-bond donors (Lipinski definition) is 1. The number of amides is 1. The van der Waals surface area contributed by atoms with E-state index in [0.29, 0.717) is 11.6 Å². The van der Waals surface area contributed by atoms with Crippen LogP contribution in [0.1, 0.15) is 29.6 Å². The SMILES string of the molecule is CN(C)S(=O)(=O)c1ccc(C(=O)Nc2ccccc2N2CC3CCC2C3)cc1. The summed E-state index contributed by atoms with van der Waals surface area (Å²) in [7, 11) is -0.538. The van der Waals surface area contributed by atoms with Crippen molar-refractivity contribution in [2.24, 2.45) is 5.92 Å². The van der Waals surface area contributed by atoms with E-state index >= 15 is 0 Å². The molecule has 2 fully saturated rings. The molecule has 6 nitrogen and oxygen atoms in total. The van der Waals surface area contributed by atoms with Crippen LogP contribution >= 0.6 is 0 Å². The zero-order valence-electron chi connectivity index (χ0n) is 16.1. The predicted molar refractivity (Wildman–Crippen MR) is 110 cm³/mol. The second kappa shape index (κ2) is 7.22. The van der Waals surface area contributed by atoms with E-state index in [2.05, 4.69) is 16.3 Å². The van der Waals surface area contributed by atoms with Gasteiger partial charge in [-0.05, 0) is 61.6 Å². The lowest BCUT2D eigenvalue weighted by Crippen LogP contribution is -2.32. The lowest BCUT2D eigenvalue weighted by Gasteiger charge is -2.31. The molecule has 1 saturated heterocycles. The van der Waals surface area contributed by atoms with E-state index in [4.69, 9.17) is 0 Å². The summed E-state index contributed by atoms with van der Waals surface area (Å²) in [6.45, 7) is 1.05. The van der Waals surface area contributed by atoms with Gasteiger partial charge < -0.3 is 10.2 Å². The van der Waals surface area contributed by atoms with Gasteiger partial charge in [-0.3, -0.25) is 4.79 Å². The number of benzene rings is 2. The van der Waals surface area contributed by atoms with Crippen molar-refractivity contribution >= 4 is 27.3 Å². The first kappa shape index (κ1) is 19.0. The van der Waals surface area contributed by atoms with Gasteiger partial charge in [0, 0.05) is 32.2 Å². The van der Waals surface area contributed by atoms with Crippen LogP contribution in [0.15, 0.2) is 53.4 Å². The van der Waals surface area contributed by atoms with Crippen molar-refractivity contribution in [3.63, 3.8) is 0 Å². The standard InChI is InChI=1S/C21H25N3O3S/c1-23(2)28(26,27)18-11-8-16(9-12-18)21(25)22-19-5-3-4-6-20(19)24-14-15-7-10-17(24)13-15/h3-6,8-9,11-12,15,17H,7,10,13-14H2,1-2H3,(H,22,25). The first-order valence-corrected chi connectivity index (χ1v) is 11.0. The third-order valence-electron chi connectivity index (χ3n) is 5.77. The lowest BCUT2D eigenvalue weighted by atomic mass is 10.1. The number of nitrogens with one attached hydrogen (secondary N) is 1. The molecule has 1 aliphatic heterocycles. The number of fused-ring (bicyclic) bond motifs is 2. The molecule has 0 spiro atoms. The van der Waals surface area contributed by atoms with Gasteiger partial charge >= 0.3 is 0 Å². The van der Waals surface area contributed by atoms with Gasteiger partial charge in [-0.1, -0.05) is 12.1 Å². The third-order valence-corrected chi connectivity index (χ3v) is 7.60. The number of nitrogens with zero attached hydrogens (tertiary/aromatic N) is 2. The highest BCUT2D eigenvalue weighted by Crippen LogP contribution is 2.42. The monoisotopic (exact) mass is 399 g/mol. The van der Waals surface area contributed by atoms with Gasteiger partial charge in [0.15, 0.2) is 0 Å². The molecule has 148 valence electrons. The Kier molecular flexibility index (Phi) is 4.89. The summed E-state index contributed by atoms with van der Waals surface area (Å²) >= 11 is 0. The first-order valence-electron chi connectivity index (χ1n) is 9.56. The summed E-state index contributed by atoms with van der Waals surface area (Å²) in [4.78, 5) is 15.3. The number of piperidine rings is 1. The van der Waals surface area contributed by atoms with E-state index < -0.39 is 10.0 Å². The number of carbonyl (C=O) groups is 1. The highest BCUT2D eigenvalue weighted by molar-refractivity contribution is 7.89. The minimum absolute atomic E-state index is 0.169. The van der Waals surface area contributed by atoms with Crippen molar-refractivity contribution in [3.05, 3.63) is 54.1 Å². The van der Waals surface area contributed by atoms with Gasteiger partial charge in [-0.15, -0.1) is 0 Å². The fourth-order valence-electron chi connectivity index (χ4n) is 4.23. The van der Waals surface area contributed by atoms with Crippen molar-refractivity contribution in [1.29, 1.82) is 0 Å². The summed E-state index contributed by atoms with van der Waals surface area (Å²) in [5, 5.41) is 3.00. The largest absolute Gasteiger partial charge is 0.367 e. The van der Waals surface area contributed by atoms with Gasteiger partial charge in [0.25, 0.3) is 5.91 Å². The molecule has 2 aliphatic rings. The molecule has 2 aromatic carbocycles. The van der Waals surface area contributed by atoms with Crippen LogP contribution in [-0.2, 0) is 10.0 Å². The minimum atomic E-state index is -3.51. The Labute approximate surface area is 166 Å². The number of sulfonamides is 1. The Morgan fingerprint density at radius 1 is 1.07 bits per heavy atom. The van der Waals surface area contributed by atoms with Crippen molar-refractivity contribution in [2.75, 3.05) is 30.9 Å². The number of anilines is 2. The summed E-state index contributed by atoms with van der Waals surface area (Å²) in [6.07, 6.45) is 3.76. The minimum Gasteiger partial charge on any atom is -0.367 e. The molecule has 2 atom stereocenters. The van der Waals surface area contributed by atoms with Crippen molar-refractivity contribution < 1.29 is 13.2 Å². The normalized spacial score (nSPS) is 21.3. The average Bonchev–Trinajstić information content (AvgIpc) is 3.32. The molecule has 1 N–H and O–H groups in total. The highest BCUT2D eigenvalue weighted by atomic mass is 32.2. The van der Waals surface area contributed by atoms with Crippen LogP contribution < -0.4 is 10.2 Å². The summed E-state index contributed by atoms with van der Waals surface area (Å²) < 4.78 is 25.5. The van der Waals surface area contributed by atoms with E-state index in [1.807, 2.05) is 18.2 Å². The van der Waals surface area contributed by atoms with Gasteiger partial charge in [0.2, 0.25) is 10.0 Å². The Bertz CT molecular complexity index is 986. The lowest BCUT2D eigenvalue weighted by molar-refractivity contribution is 0.102. The molecule has 7 heteroatoms. The second-order valence-electron chi connectivity index (χ2n) is 7.77. The number of para-hydroxylation sites is 2. The zero-order chi connectivity index (χ0) is 19.9. The molecule has 2 unspecified atom stereocenters. The molecule has 1 saturated carbocycles. The molecule has 2 aromatic rings. The molecule has 1 aliphatic carbocycles. The fraction of sp³-hybridized carbons (Fsp3) is 0.381. The molecule has 1 heterocycles. The van der Waals surface area contributed by atoms with E-state index in [1.165, 1.54) is 45.5 Å². The molecular weight excluding hydrogens is 374 g/mol. The maximum Gasteiger partial charge on any atom is 0.255 e. The molecule has 0 aromatic heterocycles. The molecular formula is C21H25N3O3S. The van der Waals surface area contributed by atoms with Crippen LogP contribution in [0.2, 0.25) is 0 Å². The Morgan fingerprint density at radius 3 is 2.39 bits per heavy atom. The smallest absolute Gasteiger partial charge is 0.255 e. The van der Waals surface area contributed by atoms with E-state index in [1.54, 1.807) is 12.1 Å². The van der Waals surface area contributed by atoms with E-state index in [-0.39, 0.29) is 10.8 Å². The Morgan fingerprint density at radius 2 is 1.79 bits per heavy atom. The van der Waals surface area contributed by atoms with E-state index in [9.17, 15) is 13.2 Å². The first-order chi connectivity index (χ1) is 13.4. The Balaban J connectivity index is 1.53. The maximum atomic E-state index is 12.7. The third kappa shape index (κ3) is 3.40. The maximum absolute atomic E-state index is 12.7. The zero-order valence-corrected chi connectivity index (χ0v) is 16.9. The summed E-state index contributed by atoms with van der Waals surface area (Å²) in [5.41, 5.74) is 2.29. The van der Waals surface area contributed by atoms with Crippen LogP contribution in [0, 0.1) is 5.92 Å².